The molecule has 0 aromatic carbocycles. The molecule has 0 saturated carbocycles. The van der Waals surface area contributed by atoms with Crippen LogP contribution in [0.4, 0.5) is 0 Å². The van der Waals surface area contributed by atoms with E-state index >= 15 is 0 Å². The minimum atomic E-state index is 0.634. The van der Waals surface area contributed by atoms with Crippen molar-refractivity contribution in [1.82, 2.24) is 9.80 Å². The van der Waals surface area contributed by atoms with Gasteiger partial charge in [0, 0.05) is 19.8 Å². The normalized spacial score (nSPS) is 25.9. The molecule has 0 radical (unpaired) electrons. The molecule has 1 spiro atoms. The van der Waals surface area contributed by atoms with Gasteiger partial charge in [0.15, 0.2) is 0 Å². The highest BCUT2D eigenvalue weighted by molar-refractivity contribution is 8.13. The van der Waals surface area contributed by atoms with E-state index in [-0.39, 0.29) is 0 Å². The van der Waals surface area contributed by atoms with E-state index < -0.39 is 0 Å². The fourth-order valence-corrected chi connectivity index (χ4v) is 3.38. The van der Waals surface area contributed by atoms with Crippen LogP contribution in [0.2, 0.25) is 0 Å². The van der Waals surface area contributed by atoms with Gasteiger partial charge in [-0.25, -0.2) is 0 Å². The smallest absolute Gasteiger partial charge is 0.0940 e. The molecule has 0 atom stereocenters. The van der Waals surface area contributed by atoms with Crippen LogP contribution in [-0.4, -0.2) is 60.7 Å². The Balaban J connectivity index is 1.68. The molecule has 96 valence electrons. The van der Waals surface area contributed by atoms with Gasteiger partial charge in [0.25, 0.3) is 0 Å². The molecule has 0 amide bonds. The Labute approximate surface area is 108 Å². The lowest BCUT2D eigenvalue weighted by molar-refractivity contribution is -0.0302. The van der Waals surface area contributed by atoms with Crippen molar-refractivity contribution in [3.8, 4) is 0 Å². The van der Waals surface area contributed by atoms with Gasteiger partial charge in [0.1, 0.15) is 0 Å². The lowest BCUT2D eigenvalue weighted by Crippen LogP contribution is -2.59. The molecule has 4 nitrogen and oxygen atoms in total. The van der Waals surface area contributed by atoms with Gasteiger partial charge >= 0.3 is 0 Å². The molecule has 0 aromatic rings. The summed E-state index contributed by atoms with van der Waals surface area (Å²) in [7, 11) is 2.22. The molecule has 2 aliphatic heterocycles. The summed E-state index contributed by atoms with van der Waals surface area (Å²) in [5.41, 5.74) is 0.634. The van der Waals surface area contributed by atoms with Crippen LogP contribution in [0.25, 0.3) is 0 Å². The van der Waals surface area contributed by atoms with E-state index in [2.05, 4.69) is 33.8 Å². The Morgan fingerprint density at radius 3 is 2.59 bits per heavy atom. The van der Waals surface area contributed by atoms with E-state index in [1.165, 1.54) is 39.0 Å². The summed E-state index contributed by atoms with van der Waals surface area (Å²) in [6, 6.07) is 0. The maximum Gasteiger partial charge on any atom is 0.0940 e. The fourth-order valence-electron chi connectivity index (χ4n) is 2.72. The minimum Gasteiger partial charge on any atom is -0.306 e. The van der Waals surface area contributed by atoms with Crippen LogP contribution in [0.1, 0.15) is 19.8 Å². The average Bonchev–Trinajstić information content (AvgIpc) is 2.26. The molecule has 2 fully saturated rings. The summed E-state index contributed by atoms with van der Waals surface area (Å²) in [6.45, 7) is 10.4. The number of rotatable bonds is 3. The largest absolute Gasteiger partial charge is 0.306 e. The van der Waals surface area contributed by atoms with Crippen LogP contribution < -0.4 is 0 Å². The monoisotopic (exact) mass is 254 g/mol. The summed E-state index contributed by atoms with van der Waals surface area (Å²) < 4.78 is 0. The topological polar surface area (TPSA) is 31.2 Å². The number of hydrogen-bond acceptors (Lipinski definition) is 5. The number of likely N-dealkylation sites (tertiary alicyclic amines) is 2. The summed E-state index contributed by atoms with van der Waals surface area (Å²) in [5, 5.41) is 8.48. The highest BCUT2D eigenvalue weighted by Gasteiger charge is 2.43. The van der Waals surface area contributed by atoms with Crippen LogP contribution in [0.5, 0.6) is 0 Å². The van der Waals surface area contributed by atoms with Crippen LogP contribution in [0.3, 0.4) is 0 Å². The summed E-state index contributed by atoms with van der Waals surface area (Å²) in [5.74, 6) is 1.04. The zero-order chi connectivity index (χ0) is 12.3. The van der Waals surface area contributed by atoms with Gasteiger partial charge in [-0.05, 0) is 45.3 Å². The molecule has 2 rings (SSSR count). The maximum absolute atomic E-state index is 3.93. The first-order valence-corrected chi connectivity index (χ1v) is 7.16. The van der Waals surface area contributed by atoms with Crippen molar-refractivity contribution in [2.45, 2.75) is 19.8 Å². The highest BCUT2D eigenvalue weighted by Crippen LogP contribution is 2.40. The van der Waals surface area contributed by atoms with Gasteiger partial charge in [0.05, 0.1) is 10.9 Å². The summed E-state index contributed by atoms with van der Waals surface area (Å²) in [4.78, 5) is 4.95. The molecule has 0 bridgehead atoms. The van der Waals surface area contributed by atoms with Gasteiger partial charge < -0.3 is 4.90 Å². The predicted molar refractivity (Wildman–Crippen MR) is 75.9 cm³/mol. The second-order valence-electron chi connectivity index (χ2n) is 5.32. The SMILES string of the molecule is C=N/N=C(/C)SCN1CC2(CCN(C)CC2)C1. The first kappa shape index (κ1) is 13.1. The molecule has 17 heavy (non-hydrogen) atoms. The van der Waals surface area contributed by atoms with E-state index in [1.54, 1.807) is 11.8 Å². The molecule has 2 aliphatic rings. The molecule has 5 heteroatoms. The Bertz CT molecular complexity index is 300. The van der Waals surface area contributed by atoms with Crippen molar-refractivity contribution in [3.63, 3.8) is 0 Å². The second kappa shape index (κ2) is 5.50. The first-order chi connectivity index (χ1) is 8.13. The van der Waals surface area contributed by atoms with Gasteiger partial charge in [0.2, 0.25) is 0 Å². The van der Waals surface area contributed by atoms with Crippen LogP contribution in [0, 0.1) is 5.41 Å². The Morgan fingerprint density at radius 1 is 1.35 bits per heavy atom. The van der Waals surface area contributed by atoms with Gasteiger partial charge in [-0.1, -0.05) is 11.8 Å². The molecule has 0 N–H and O–H groups in total. The number of nitrogens with zero attached hydrogens (tertiary/aromatic N) is 4. The first-order valence-electron chi connectivity index (χ1n) is 6.18. The molecule has 0 unspecified atom stereocenters. The Hall–Kier alpha value is -0.390. The average molecular weight is 254 g/mol. The zero-order valence-corrected chi connectivity index (χ0v) is 11.7. The molecule has 2 saturated heterocycles. The maximum atomic E-state index is 3.93. The number of hydrogen-bond donors (Lipinski definition) is 0. The van der Waals surface area contributed by atoms with Crippen molar-refractivity contribution >= 4 is 23.5 Å². The second-order valence-corrected chi connectivity index (χ2v) is 6.46. The Kier molecular flexibility index (Phi) is 4.22. The van der Waals surface area contributed by atoms with Crippen LogP contribution in [0.15, 0.2) is 10.2 Å². The van der Waals surface area contributed by atoms with Crippen molar-refractivity contribution in [1.29, 1.82) is 0 Å². The van der Waals surface area contributed by atoms with E-state index in [9.17, 15) is 0 Å². The zero-order valence-electron chi connectivity index (χ0n) is 10.9. The third-order valence-corrected chi connectivity index (χ3v) is 4.83. The number of thioether (sulfide) groups is 1. The third kappa shape index (κ3) is 3.30. The Morgan fingerprint density at radius 2 is 2.00 bits per heavy atom. The predicted octanol–water partition coefficient (Wildman–Crippen LogP) is 1.74. The van der Waals surface area contributed by atoms with Crippen molar-refractivity contribution < 1.29 is 0 Å². The van der Waals surface area contributed by atoms with Crippen LogP contribution >= 0.6 is 11.8 Å². The quantitative estimate of drug-likeness (QED) is 0.437. The van der Waals surface area contributed by atoms with E-state index in [0.717, 1.165) is 10.9 Å². The lowest BCUT2D eigenvalue weighted by Gasteiger charge is -2.53. The molecular formula is C12H22N4S. The van der Waals surface area contributed by atoms with Crippen molar-refractivity contribution in [3.05, 3.63) is 0 Å². The minimum absolute atomic E-state index is 0.634. The van der Waals surface area contributed by atoms with E-state index in [0.29, 0.717) is 5.41 Å². The van der Waals surface area contributed by atoms with Crippen LogP contribution in [-0.2, 0) is 0 Å². The molecule has 2 heterocycles. The number of piperidine rings is 1. The summed E-state index contributed by atoms with van der Waals surface area (Å²) >= 11 is 1.76. The standard InChI is InChI=1S/C12H22N4S/c1-11(14-13-2)17-10-16-8-12(9-16)4-6-15(3)7-5-12/h2,4-10H2,1,3H3/b14-11-. The van der Waals surface area contributed by atoms with Gasteiger partial charge in [-0.3, -0.25) is 4.90 Å². The van der Waals surface area contributed by atoms with Crippen molar-refractivity contribution in [2.75, 3.05) is 39.1 Å². The fraction of sp³-hybridized carbons (Fsp3) is 0.833. The van der Waals surface area contributed by atoms with Gasteiger partial charge in [-0.2, -0.15) is 5.10 Å². The molecule has 0 aromatic heterocycles. The van der Waals surface area contributed by atoms with Crippen molar-refractivity contribution in [2.24, 2.45) is 15.6 Å². The third-order valence-electron chi connectivity index (χ3n) is 3.83. The molecule has 0 aliphatic carbocycles. The van der Waals surface area contributed by atoms with E-state index in [1.807, 2.05) is 6.92 Å². The van der Waals surface area contributed by atoms with Gasteiger partial charge in [-0.15, -0.1) is 5.10 Å². The lowest BCUT2D eigenvalue weighted by atomic mass is 9.72. The summed E-state index contributed by atoms with van der Waals surface area (Å²) in [6.07, 6.45) is 2.73. The molecular weight excluding hydrogens is 232 g/mol. The highest BCUT2D eigenvalue weighted by atomic mass is 32.2. The van der Waals surface area contributed by atoms with E-state index in [4.69, 9.17) is 0 Å².